The number of benzene rings is 1. The van der Waals surface area contributed by atoms with Crippen LogP contribution in [0.15, 0.2) is 23.2 Å². The first-order valence-electron chi connectivity index (χ1n) is 10.2. The van der Waals surface area contributed by atoms with Crippen molar-refractivity contribution in [3.05, 3.63) is 34.9 Å². The van der Waals surface area contributed by atoms with Crippen molar-refractivity contribution in [2.45, 2.75) is 64.7 Å². The lowest BCUT2D eigenvalue weighted by molar-refractivity contribution is -0.232. The minimum Gasteiger partial charge on any atom is -0.381 e. The molecule has 28 heavy (non-hydrogen) atoms. The van der Waals surface area contributed by atoms with Gasteiger partial charge in [0.1, 0.15) is 0 Å². The molecule has 0 aromatic heterocycles. The van der Waals surface area contributed by atoms with Crippen LogP contribution >= 0.6 is 0 Å². The second-order valence-corrected chi connectivity index (χ2v) is 9.47. The molecule has 4 rings (SSSR count). The van der Waals surface area contributed by atoms with Crippen LogP contribution in [0.4, 0.5) is 0 Å². The van der Waals surface area contributed by atoms with E-state index in [9.17, 15) is 0 Å². The summed E-state index contributed by atoms with van der Waals surface area (Å²) in [6.07, 6.45) is 5.33. The molecule has 1 heterocycles. The molecule has 150 valence electrons. The largest absolute Gasteiger partial charge is 0.381 e. The molecule has 1 unspecified atom stereocenters. The van der Waals surface area contributed by atoms with Crippen molar-refractivity contribution in [2.75, 3.05) is 14.2 Å². The third-order valence-corrected chi connectivity index (χ3v) is 6.39. The molecule has 1 aliphatic heterocycles. The van der Waals surface area contributed by atoms with Gasteiger partial charge >= 0.3 is 0 Å². The highest BCUT2D eigenvalue weighted by Crippen LogP contribution is 2.61. The number of nitrogens with two attached hydrogens (primary N) is 1. The van der Waals surface area contributed by atoms with Gasteiger partial charge in [-0.2, -0.15) is 0 Å². The molecule has 2 N–H and O–H groups in total. The first kappa shape index (κ1) is 19.3. The quantitative estimate of drug-likeness (QED) is 0.756. The topological polar surface area (TPSA) is 60.1 Å². The number of nitrogens with zero attached hydrogens (tertiary/aromatic N) is 2. The first-order chi connectivity index (χ1) is 13.2. The number of methoxy groups -OCH3 is 1. The van der Waals surface area contributed by atoms with E-state index in [1.807, 2.05) is 7.05 Å². The van der Waals surface area contributed by atoms with E-state index in [0.29, 0.717) is 12.1 Å². The van der Waals surface area contributed by atoms with E-state index in [1.54, 1.807) is 12.2 Å². The van der Waals surface area contributed by atoms with Crippen LogP contribution in [0.1, 0.15) is 63.1 Å². The average Bonchev–Trinajstić information content (AvgIpc) is 3.08. The van der Waals surface area contributed by atoms with Gasteiger partial charge in [0.25, 0.3) is 0 Å². The summed E-state index contributed by atoms with van der Waals surface area (Å²) in [5, 5.41) is 1.62. The molecule has 5 nitrogen and oxygen atoms in total. The van der Waals surface area contributed by atoms with Gasteiger partial charge in [0.15, 0.2) is 0 Å². The Morgan fingerprint density at radius 1 is 1.29 bits per heavy atom. The zero-order valence-corrected chi connectivity index (χ0v) is 17.6. The van der Waals surface area contributed by atoms with Gasteiger partial charge in [0.2, 0.25) is 11.7 Å². The zero-order chi connectivity index (χ0) is 20.2. The van der Waals surface area contributed by atoms with Crippen LogP contribution in [0.5, 0.6) is 0 Å². The third kappa shape index (κ3) is 3.00. The summed E-state index contributed by atoms with van der Waals surface area (Å²) in [6, 6.07) is 6.49. The number of hydrogen-bond acceptors (Lipinski definition) is 5. The number of guanidine groups is 1. The summed E-state index contributed by atoms with van der Waals surface area (Å²) in [4.78, 5) is 11.4. The molecule has 1 aromatic rings. The summed E-state index contributed by atoms with van der Waals surface area (Å²) >= 11 is 0. The van der Waals surface area contributed by atoms with E-state index in [1.165, 1.54) is 5.56 Å². The summed E-state index contributed by atoms with van der Waals surface area (Å²) < 4.78 is 5.62. The van der Waals surface area contributed by atoms with Crippen molar-refractivity contribution in [3.8, 4) is 11.8 Å². The molecular formula is C23H31N3O2. The third-order valence-electron chi connectivity index (χ3n) is 6.39. The van der Waals surface area contributed by atoms with Crippen LogP contribution in [-0.4, -0.2) is 31.3 Å². The van der Waals surface area contributed by atoms with Crippen molar-refractivity contribution in [1.29, 1.82) is 0 Å². The molecule has 1 saturated carbocycles. The van der Waals surface area contributed by atoms with Gasteiger partial charge in [0, 0.05) is 36.1 Å². The standard InChI is InChI=1S/C23H31N3O2/c1-21(2,3)11-8-16-6-7-17-15-22(12-9-18(27-5)10-13-22)23(19(17)14-16)25-20(24)26(4)28-23/h6-7,14,18H,9-10,12-13,15H2,1-5H3,(H2,24,25). The fraction of sp³-hybridized carbons (Fsp3) is 0.609. The first-order valence-corrected chi connectivity index (χ1v) is 10.2. The zero-order valence-electron chi connectivity index (χ0n) is 17.6. The Hall–Kier alpha value is -2.03. The maximum atomic E-state index is 6.43. The van der Waals surface area contributed by atoms with E-state index in [0.717, 1.165) is 43.2 Å². The van der Waals surface area contributed by atoms with Crippen LogP contribution < -0.4 is 5.73 Å². The van der Waals surface area contributed by atoms with Crippen molar-refractivity contribution < 1.29 is 9.57 Å². The van der Waals surface area contributed by atoms with Crippen LogP contribution in [0.3, 0.4) is 0 Å². The Labute approximate surface area is 168 Å². The van der Waals surface area contributed by atoms with Gasteiger partial charge in [-0.1, -0.05) is 17.9 Å². The van der Waals surface area contributed by atoms with Crippen molar-refractivity contribution >= 4 is 5.96 Å². The fourth-order valence-corrected chi connectivity index (χ4v) is 4.87. The maximum Gasteiger partial charge on any atom is 0.220 e. The molecule has 1 aromatic carbocycles. The van der Waals surface area contributed by atoms with E-state index in [4.69, 9.17) is 20.3 Å². The van der Waals surface area contributed by atoms with Crippen LogP contribution in [0.2, 0.25) is 0 Å². The lowest BCUT2D eigenvalue weighted by Crippen LogP contribution is -2.46. The number of hydroxylamine groups is 2. The normalized spacial score (nSPS) is 31.7. The Bertz CT molecular complexity index is 866. The van der Waals surface area contributed by atoms with Gasteiger partial charge in [-0.3, -0.25) is 0 Å². The smallest absolute Gasteiger partial charge is 0.220 e. The summed E-state index contributed by atoms with van der Waals surface area (Å²) in [5.41, 5.74) is 8.73. The highest BCUT2D eigenvalue weighted by Gasteiger charge is 2.63. The molecule has 0 radical (unpaired) electrons. The highest BCUT2D eigenvalue weighted by molar-refractivity contribution is 5.79. The molecular weight excluding hydrogens is 350 g/mol. The number of rotatable bonds is 1. The maximum absolute atomic E-state index is 6.43. The van der Waals surface area contributed by atoms with E-state index in [-0.39, 0.29) is 10.8 Å². The van der Waals surface area contributed by atoms with Gasteiger partial charge in [-0.15, -0.1) is 0 Å². The van der Waals surface area contributed by atoms with Crippen molar-refractivity contribution in [1.82, 2.24) is 5.06 Å². The van der Waals surface area contributed by atoms with E-state index < -0.39 is 5.72 Å². The molecule has 0 saturated heterocycles. The minimum atomic E-state index is -0.751. The second kappa shape index (κ2) is 6.50. The Morgan fingerprint density at radius 2 is 2.00 bits per heavy atom. The molecule has 2 aliphatic carbocycles. The summed E-state index contributed by atoms with van der Waals surface area (Å²) in [5.74, 6) is 7.10. The molecule has 2 spiro atoms. The van der Waals surface area contributed by atoms with Gasteiger partial charge in [-0.25, -0.2) is 14.9 Å². The fourth-order valence-electron chi connectivity index (χ4n) is 4.87. The Balaban J connectivity index is 1.79. The lowest BCUT2D eigenvalue weighted by atomic mass is 9.66. The van der Waals surface area contributed by atoms with E-state index >= 15 is 0 Å². The predicted molar refractivity (Wildman–Crippen MR) is 110 cm³/mol. The number of fused-ring (bicyclic) bond motifs is 3. The van der Waals surface area contributed by atoms with Crippen molar-refractivity contribution in [2.24, 2.45) is 21.6 Å². The summed E-state index contributed by atoms with van der Waals surface area (Å²) in [6.45, 7) is 6.37. The minimum absolute atomic E-state index is 0.0386. The Kier molecular flexibility index (Phi) is 4.48. The van der Waals surface area contributed by atoms with Gasteiger partial charge < -0.3 is 10.5 Å². The molecule has 0 amide bonds. The predicted octanol–water partition coefficient (Wildman–Crippen LogP) is 3.56. The molecule has 5 heteroatoms. The molecule has 0 bridgehead atoms. The number of aliphatic imine (C=N–C) groups is 1. The molecule has 1 fully saturated rings. The monoisotopic (exact) mass is 381 g/mol. The molecule has 1 atom stereocenters. The number of hydrogen-bond donors (Lipinski definition) is 1. The Morgan fingerprint density at radius 3 is 2.57 bits per heavy atom. The summed E-state index contributed by atoms with van der Waals surface area (Å²) in [7, 11) is 3.64. The van der Waals surface area contributed by atoms with Crippen molar-refractivity contribution in [3.63, 3.8) is 0 Å². The van der Waals surface area contributed by atoms with Gasteiger partial charge in [0.05, 0.1) is 6.10 Å². The molecule has 3 aliphatic rings. The van der Waals surface area contributed by atoms with Gasteiger partial charge in [-0.05, 0) is 70.6 Å². The van der Waals surface area contributed by atoms with Crippen LogP contribution in [0, 0.1) is 22.7 Å². The second-order valence-electron chi connectivity index (χ2n) is 9.47. The SMILES string of the molecule is COC1CCC2(CC1)Cc1ccc(C#CC(C)(C)C)cc1C21N=C(N)N(C)O1. The number of ether oxygens (including phenoxy) is 1. The lowest BCUT2D eigenvalue weighted by Gasteiger charge is -2.45. The highest BCUT2D eigenvalue weighted by atomic mass is 16.7. The van der Waals surface area contributed by atoms with E-state index in [2.05, 4.69) is 50.8 Å². The van der Waals surface area contributed by atoms with Crippen LogP contribution in [0.25, 0.3) is 0 Å². The van der Waals surface area contributed by atoms with Crippen LogP contribution in [-0.2, 0) is 21.7 Å². The average molecular weight is 382 g/mol.